The van der Waals surface area contributed by atoms with Crippen molar-refractivity contribution in [2.75, 3.05) is 26.2 Å². The molecule has 4 rings (SSSR count). The van der Waals surface area contributed by atoms with Gasteiger partial charge < -0.3 is 9.80 Å². The van der Waals surface area contributed by atoms with Crippen molar-refractivity contribution >= 4 is 11.8 Å². The highest BCUT2D eigenvalue weighted by Crippen LogP contribution is 2.14. The zero-order valence-electron chi connectivity index (χ0n) is 17.1. The van der Waals surface area contributed by atoms with E-state index in [1.54, 1.807) is 11.0 Å². The van der Waals surface area contributed by atoms with Gasteiger partial charge in [-0.05, 0) is 48.9 Å². The molecule has 0 aliphatic carbocycles. The summed E-state index contributed by atoms with van der Waals surface area (Å²) in [5, 5.41) is 4.15. The first-order valence-corrected chi connectivity index (χ1v) is 10.1. The summed E-state index contributed by atoms with van der Waals surface area (Å²) < 4.78 is 28.2. The number of carbonyl (C=O) groups is 2. The van der Waals surface area contributed by atoms with Gasteiger partial charge >= 0.3 is 0 Å². The largest absolute Gasteiger partial charge is 0.337 e. The highest BCUT2D eigenvalue weighted by Gasteiger charge is 2.25. The van der Waals surface area contributed by atoms with Crippen LogP contribution in [0.1, 0.15) is 27.3 Å². The maximum absolute atomic E-state index is 14.0. The number of halogens is 2. The Morgan fingerprint density at radius 2 is 1.44 bits per heavy atom. The molecule has 1 saturated heterocycles. The summed E-state index contributed by atoms with van der Waals surface area (Å²) in [7, 11) is 0. The highest BCUT2D eigenvalue weighted by atomic mass is 19.1. The van der Waals surface area contributed by atoms with Crippen LogP contribution in [-0.4, -0.2) is 57.6 Å². The van der Waals surface area contributed by atoms with E-state index in [1.165, 1.54) is 59.5 Å². The molecule has 0 N–H and O–H groups in total. The van der Waals surface area contributed by atoms with Gasteiger partial charge in [0.25, 0.3) is 17.4 Å². The number of nitrogens with zero attached hydrogens (tertiary/aromatic N) is 4. The molecule has 164 valence electrons. The molecule has 1 fully saturated rings. The molecular formula is C23H20F2N4O3. The van der Waals surface area contributed by atoms with E-state index in [-0.39, 0.29) is 30.3 Å². The summed E-state index contributed by atoms with van der Waals surface area (Å²) in [5.41, 5.74) is -0.0580. The van der Waals surface area contributed by atoms with Crippen molar-refractivity contribution < 1.29 is 18.4 Å². The fourth-order valence-corrected chi connectivity index (χ4v) is 3.58. The number of hydrogen-bond donors (Lipinski definition) is 0. The van der Waals surface area contributed by atoms with Gasteiger partial charge in [-0.15, -0.1) is 0 Å². The van der Waals surface area contributed by atoms with Crippen LogP contribution in [0.3, 0.4) is 0 Å². The molecule has 0 bridgehead atoms. The standard InChI is InChI=1S/C23H20F2N4O3/c24-16-6-8-17(9-7-16)29-21(30)11-10-20(26-29)23(32)28-13-3-12-27(14-15-28)22(31)18-4-1-2-5-19(18)25/h1-2,4-11H,3,12-15H2. The van der Waals surface area contributed by atoms with Crippen LogP contribution in [0.2, 0.25) is 0 Å². The minimum atomic E-state index is -0.582. The van der Waals surface area contributed by atoms with Gasteiger partial charge in [0.15, 0.2) is 0 Å². The fourth-order valence-electron chi connectivity index (χ4n) is 3.58. The second kappa shape index (κ2) is 9.09. The van der Waals surface area contributed by atoms with Crippen LogP contribution in [0.5, 0.6) is 0 Å². The second-order valence-corrected chi connectivity index (χ2v) is 7.36. The van der Waals surface area contributed by atoms with Crippen molar-refractivity contribution in [1.29, 1.82) is 0 Å². The van der Waals surface area contributed by atoms with Gasteiger partial charge in [-0.25, -0.2) is 8.78 Å². The van der Waals surface area contributed by atoms with E-state index >= 15 is 0 Å². The van der Waals surface area contributed by atoms with Gasteiger partial charge in [0.1, 0.15) is 17.3 Å². The third kappa shape index (κ3) is 4.41. The maximum atomic E-state index is 14.0. The second-order valence-electron chi connectivity index (χ2n) is 7.36. The van der Waals surface area contributed by atoms with E-state index in [0.29, 0.717) is 25.2 Å². The summed E-state index contributed by atoms with van der Waals surface area (Å²) >= 11 is 0. The average Bonchev–Trinajstić information content (AvgIpc) is 3.06. The summed E-state index contributed by atoms with van der Waals surface area (Å²) in [6.07, 6.45) is 0.517. The lowest BCUT2D eigenvalue weighted by molar-refractivity contribution is 0.0712. The summed E-state index contributed by atoms with van der Waals surface area (Å²) in [5.74, 6) is -1.84. The van der Waals surface area contributed by atoms with E-state index in [2.05, 4.69) is 5.10 Å². The Labute approximate surface area is 182 Å². The summed E-state index contributed by atoms with van der Waals surface area (Å²) in [4.78, 5) is 41.0. The molecule has 0 atom stereocenters. The molecular weight excluding hydrogens is 418 g/mol. The lowest BCUT2D eigenvalue weighted by Crippen LogP contribution is -2.38. The lowest BCUT2D eigenvalue weighted by Gasteiger charge is -2.22. The fraction of sp³-hybridized carbons (Fsp3) is 0.217. The van der Waals surface area contributed by atoms with Gasteiger partial charge in [0.05, 0.1) is 11.3 Å². The van der Waals surface area contributed by atoms with E-state index in [1.807, 2.05) is 0 Å². The maximum Gasteiger partial charge on any atom is 0.274 e. The molecule has 7 nitrogen and oxygen atoms in total. The summed E-state index contributed by atoms with van der Waals surface area (Å²) in [6, 6.07) is 13.6. The molecule has 1 aliphatic heterocycles. The minimum Gasteiger partial charge on any atom is -0.337 e. The number of aromatic nitrogens is 2. The normalized spacial score (nSPS) is 14.2. The molecule has 1 aromatic heterocycles. The number of hydrogen-bond acceptors (Lipinski definition) is 4. The molecule has 1 aliphatic rings. The van der Waals surface area contributed by atoms with Crippen molar-refractivity contribution in [2.45, 2.75) is 6.42 Å². The van der Waals surface area contributed by atoms with Crippen LogP contribution in [-0.2, 0) is 0 Å². The van der Waals surface area contributed by atoms with Crippen LogP contribution in [0.4, 0.5) is 8.78 Å². The van der Waals surface area contributed by atoms with Crippen LogP contribution in [0.15, 0.2) is 65.5 Å². The van der Waals surface area contributed by atoms with Gasteiger partial charge in [-0.1, -0.05) is 12.1 Å². The molecule has 2 heterocycles. The SMILES string of the molecule is O=C(c1ccc(=O)n(-c2ccc(F)cc2)n1)N1CCCN(C(=O)c2ccccc2F)CC1. The molecule has 3 aromatic rings. The van der Waals surface area contributed by atoms with Gasteiger partial charge in [0, 0.05) is 32.2 Å². The van der Waals surface area contributed by atoms with Gasteiger partial charge in [-0.2, -0.15) is 9.78 Å². The Balaban J connectivity index is 1.50. The molecule has 32 heavy (non-hydrogen) atoms. The van der Waals surface area contributed by atoms with Crippen molar-refractivity contribution in [1.82, 2.24) is 19.6 Å². The Bertz CT molecular complexity index is 1210. The van der Waals surface area contributed by atoms with Gasteiger partial charge in [-0.3, -0.25) is 14.4 Å². The Kier molecular flexibility index (Phi) is 6.07. The van der Waals surface area contributed by atoms with E-state index in [9.17, 15) is 23.2 Å². The minimum absolute atomic E-state index is 0.000294. The number of rotatable bonds is 3. The molecule has 2 aromatic carbocycles. The molecule has 0 unspecified atom stereocenters. The van der Waals surface area contributed by atoms with E-state index in [0.717, 1.165) is 4.68 Å². The van der Waals surface area contributed by atoms with Crippen LogP contribution in [0, 0.1) is 11.6 Å². The molecule has 9 heteroatoms. The monoisotopic (exact) mass is 438 g/mol. The third-order valence-corrected chi connectivity index (χ3v) is 5.27. The first kappa shape index (κ1) is 21.4. The third-order valence-electron chi connectivity index (χ3n) is 5.27. The number of carbonyl (C=O) groups excluding carboxylic acids is 2. The van der Waals surface area contributed by atoms with Crippen molar-refractivity contribution in [3.8, 4) is 5.69 Å². The topological polar surface area (TPSA) is 75.5 Å². The first-order valence-electron chi connectivity index (χ1n) is 10.1. The lowest BCUT2D eigenvalue weighted by atomic mass is 10.2. The smallest absolute Gasteiger partial charge is 0.274 e. The number of benzene rings is 2. The predicted octanol–water partition coefficient (Wildman–Crippen LogP) is 2.50. The zero-order chi connectivity index (χ0) is 22.7. The van der Waals surface area contributed by atoms with Crippen molar-refractivity contribution in [3.05, 3.63) is 93.9 Å². The Hall–Kier alpha value is -3.88. The molecule has 0 radical (unpaired) electrons. The Morgan fingerprint density at radius 3 is 2.12 bits per heavy atom. The summed E-state index contributed by atoms with van der Waals surface area (Å²) in [6.45, 7) is 1.27. The van der Waals surface area contributed by atoms with Crippen LogP contribution < -0.4 is 5.56 Å². The van der Waals surface area contributed by atoms with Gasteiger partial charge in [0.2, 0.25) is 0 Å². The number of amides is 2. The van der Waals surface area contributed by atoms with Crippen LogP contribution >= 0.6 is 0 Å². The van der Waals surface area contributed by atoms with Crippen LogP contribution in [0.25, 0.3) is 5.69 Å². The highest BCUT2D eigenvalue weighted by molar-refractivity contribution is 5.95. The zero-order valence-corrected chi connectivity index (χ0v) is 17.1. The van der Waals surface area contributed by atoms with Crippen molar-refractivity contribution in [2.24, 2.45) is 0 Å². The first-order chi connectivity index (χ1) is 15.4. The van der Waals surface area contributed by atoms with E-state index < -0.39 is 23.1 Å². The molecule has 2 amide bonds. The van der Waals surface area contributed by atoms with E-state index in [4.69, 9.17) is 0 Å². The predicted molar refractivity (Wildman–Crippen MR) is 113 cm³/mol. The Morgan fingerprint density at radius 1 is 0.781 bits per heavy atom. The average molecular weight is 438 g/mol. The molecule has 0 saturated carbocycles. The van der Waals surface area contributed by atoms with Crippen molar-refractivity contribution in [3.63, 3.8) is 0 Å². The molecule has 0 spiro atoms. The quantitative estimate of drug-likeness (QED) is 0.630.